The van der Waals surface area contributed by atoms with Crippen LogP contribution in [0.1, 0.15) is 36.6 Å². The number of furan rings is 1. The van der Waals surface area contributed by atoms with Gasteiger partial charge in [0.05, 0.1) is 12.3 Å². The van der Waals surface area contributed by atoms with Crippen molar-refractivity contribution in [2.75, 3.05) is 6.54 Å². The third kappa shape index (κ3) is 1.12. The second-order valence-corrected chi connectivity index (χ2v) is 4.18. The minimum Gasteiger partial charge on any atom is -0.467 e. The Hall–Kier alpha value is -0.760. The third-order valence-electron chi connectivity index (χ3n) is 3.44. The predicted octanol–water partition coefficient (Wildman–Crippen LogP) is 2.27. The molecule has 2 heterocycles. The van der Waals surface area contributed by atoms with Crippen LogP contribution in [-0.4, -0.2) is 6.54 Å². The summed E-state index contributed by atoms with van der Waals surface area (Å²) in [5.41, 5.74) is 1.43. The van der Waals surface area contributed by atoms with Crippen LogP contribution in [0.5, 0.6) is 0 Å². The lowest BCUT2D eigenvalue weighted by Crippen LogP contribution is -2.36. The first-order valence-electron chi connectivity index (χ1n) is 5.25. The topological polar surface area (TPSA) is 25.2 Å². The van der Waals surface area contributed by atoms with Gasteiger partial charge < -0.3 is 9.73 Å². The van der Waals surface area contributed by atoms with Crippen molar-refractivity contribution in [1.82, 2.24) is 5.32 Å². The van der Waals surface area contributed by atoms with Crippen LogP contribution in [0.3, 0.4) is 0 Å². The summed E-state index contributed by atoms with van der Waals surface area (Å²) in [6.07, 6.45) is 7.12. The molecule has 1 atom stereocenters. The molecule has 0 bridgehead atoms. The summed E-state index contributed by atoms with van der Waals surface area (Å²) in [7, 11) is 0. The zero-order chi connectivity index (χ0) is 8.67. The van der Waals surface area contributed by atoms with E-state index in [4.69, 9.17) is 4.42 Å². The Morgan fingerprint density at radius 2 is 2.31 bits per heavy atom. The average Bonchev–Trinajstić information content (AvgIpc) is 2.49. The fourth-order valence-electron chi connectivity index (χ4n) is 2.44. The molecule has 1 aromatic heterocycles. The summed E-state index contributed by atoms with van der Waals surface area (Å²) in [6, 6.07) is 2.65. The second-order valence-electron chi connectivity index (χ2n) is 4.18. The normalized spacial score (nSPS) is 28.2. The summed E-state index contributed by atoms with van der Waals surface area (Å²) < 4.78 is 5.56. The zero-order valence-corrected chi connectivity index (χ0v) is 7.75. The van der Waals surface area contributed by atoms with Gasteiger partial charge in [-0.2, -0.15) is 0 Å². The maximum atomic E-state index is 5.56. The largest absolute Gasteiger partial charge is 0.467 e. The van der Waals surface area contributed by atoms with Crippen LogP contribution >= 0.6 is 0 Å². The molecule has 1 fully saturated rings. The fourth-order valence-corrected chi connectivity index (χ4v) is 2.44. The van der Waals surface area contributed by atoms with Gasteiger partial charge in [-0.15, -0.1) is 0 Å². The molecule has 0 spiro atoms. The van der Waals surface area contributed by atoms with Gasteiger partial charge in [-0.1, -0.05) is 6.42 Å². The lowest BCUT2D eigenvalue weighted by Gasteiger charge is -2.35. The molecule has 13 heavy (non-hydrogen) atoms. The van der Waals surface area contributed by atoms with Crippen LogP contribution < -0.4 is 5.32 Å². The molecule has 0 amide bonds. The van der Waals surface area contributed by atoms with Crippen molar-refractivity contribution >= 4 is 0 Å². The molecule has 2 aliphatic rings. The SMILES string of the molecule is c1cc2c(o1)C(C1CCC1)NCC2. The van der Waals surface area contributed by atoms with Crippen molar-refractivity contribution in [1.29, 1.82) is 0 Å². The first-order chi connectivity index (χ1) is 6.45. The van der Waals surface area contributed by atoms with E-state index in [0.29, 0.717) is 6.04 Å². The average molecular weight is 177 g/mol. The molecule has 1 aromatic rings. The lowest BCUT2D eigenvalue weighted by atomic mass is 9.77. The van der Waals surface area contributed by atoms with E-state index in [0.717, 1.165) is 18.9 Å². The molecule has 1 unspecified atom stereocenters. The molecule has 1 aliphatic carbocycles. The Bertz CT molecular complexity index is 301. The van der Waals surface area contributed by atoms with E-state index in [9.17, 15) is 0 Å². The Labute approximate surface area is 78.3 Å². The number of nitrogens with one attached hydrogen (secondary N) is 1. The van der Waals surface area contributed by atoms with E-state index in [2.05, 4.69) is 11.4 Å². The molecule has 1 saturated carbocycles. The van der Waals surface area contributed by atoms with Crippen LogP contribution in [-0.2, 0) is 6.42 Å². The van der Waals surface area contributed by atoms with E-state index in [-0.39, 0.29) is 0 Å². The number of fused-ring (bicyclic) bond motifs is 1. The van der Waals surface area contributed by atoms with Gasteiger partial charge in [-0.3, -0.25) is 0 Å². The van der Waals surface area contributed by atoms with E-state index >= 15 is 0 Å². The molecule has 0 radical (unpaired) electrons. The molecule has 2 nitrogen and oxygen atoms in total. The van der Waals surface area contributed by atoms with E-state index in [1.807, 2.05) is 6.26 Å². The predicted molar refractivity (Wildman–Crippen MR) is 50.5 cm³/mol. The molecular formula is C11H15NO. The van der Waals surface area contributed by atoms with E-state index in [1.165, 1.54) is 30.6 Å². The molecule has 0 aromatic carbocycles. The number of hydrogen-bond acceptors (Lipinski definition) is 2. The Morgan fingerprint density at radius 1 is 1.38 bits per heavy atom. The summed E-state index contributed by atoms with van der Waals surface area (Å²) in [5, 5.41) is 3.57. The molecule has 0 saturated heterocycles. The number of hydrogen-bond donors (Lipinski definition) is 1. The molecule has 2 heteroatoms. The Morgan fingerprint density at radius 3 is 3.08 bits per heavy atom. The van der Waals surface area contributed by atoms with Gasteiger partial charge in [0.15, 0.2) is 0 Å². The highest BCUT2D eigenvalue weighted by Gasteiger charge is 2.33. The van der Waals surface area contributed by atoms with Crippen molar-refractivity contribution in [3.63, 3.8) is 0 Å². The zero-order valence-electron chi connectivity index (χ0n) is 7.75. The summed E-state index contributed by atoms with van der Waals surface area (Å²) in [4.78, 5) is 0. The van der Waals surface area contributed by atoms with Crippen molar-refractivity contribution in [2.24, 2.45) is 5.92 Å². The van der Waals surface area contributed by atoms with Crippen molar-refractivity contribution in [2.45, 2.75) is 31.7 Å². The summed E-state index contributed by atoms with van der Waals surface area (Å²) in [5.74, 6) is 2.06. The Balaban J connectivity index is 1.90. The first kappa shape index (κ1) is 7.63. The van der Waals surface area contributed by atoms with E-state index < -0.39 is 0 Å². The smallest absolute Gasteiger partial charge is 0.124 e. The van der Waals surface area contributed by atoms with Gasteiger partial charge in [0.25, 0.3) is 0 Å². The maximum absolute atomic E-state index is 5.56. The number of rotatable bonds is 1. The highest BCUT2D eigenvalue weighted by molar-refractivity contribution is 5.24. The standard InChI is InChI=1S/C11H15NO/c1-2-8(3-1)10-11-9(4-6-12-10)5-7-13-11/h5,7-8,10,12H,1-4,6H2. The van der Waals surface area contributed by atoms with Gasteiger partial charge in [-0.05, 0) is 43.4 Å². The quantitative estimate of drug-likeness (QED) is 0.711. The molecule has 70 valence electrons. The van der Waals surface area contributed by atoms with Crippen molar-refractivity contribution < 1.29 is 4.42 Å². The second kappa shape index (κ2) is 2.88. The highest BCUT2D eigenvalue weighted by atomic mass is 16.3. The van der Waals surface area contributed by atoms with Crippen LogP contribution in [0.2, 0.25) is 0 Å². The molecule has 3 rings (SSSR count). The van der Waals surface area contributed by atoms with Crippen molar-refractivity contribution in [3.8, 4) is 0 Å². The van der Waals surface area contributed by atoms with Gasteiger partial charge >= 0.3 is 0 Å². The Kier molecular flexibility index (Phi) is 1.69. The lowest BCUT2D eigenvalue weighted by molar-refractivity contribution is 0.200. The third-order valence-corrected chi connectivity index (χ3v) is 3.44. The van der Waals surface area contributed by atoms with E-state index in [1.54, 1.807) is 0 Å². The minimum absolute atomic E-state index is 0.521. The van der Waals surface area contributed by atoms with Crippen LogP contribution in [0.4, 0.5) is 0 Å². The fraction of sp³-hybridized carbons (Fsp3) is 0.636. The van der Waals surface area contributed by atoms with Gasteiger partial charge in [0.1, 0.15) is 5.76 Å². The van der Waals surface area contributed by atoms with Crippen molar-refractivity contribution in [3.05, 3.63) is 23.7 Å². The van der Waals surface area contributed by atoms with Gasteiger partial charge in [0, 0.05) is 0 Å². The van der Waals surface area contributed by atoms with Crippen LogP contribution in [0, 0.1) is 5.92 Å². The van der Waals surface area contributed by atoms with Crippen LogP contribution in [0.25, 0.3) is 0 Å². The maximum Gasteiger partial charge on any atom is 0.124 e. The van der Waals surface area contributed by atoms with Gasteiger partial charge in [-0.25, -0.2) is 0 Å². The van der Waals surface area contributed by atoms with Gasteiger partial charge in [0.2, 0.25) is 0 Å². The van der Waals surface area contributed by atoms with Crippen LogP contribution in [0.15, 0.2) is 16.7 Å². The molecular weight excluding hydrogens is 162 g/mol. The first-order valence-corrected chi connectivity index (χ1v) is 5.25. The highest BCUT2D eigenvalue weighted by Crippen LogP contribution is 2.40. The minimum atomic E-state index is 0.521. The summed E-state index contributed by atoms with van der Waals surface area (Å²) >= 11 is 0. The molecule has 1 N–H and O–H groups in total. The molecule has 1 aliphatic heterocycles. The summed E-state index contributed by atoms with van der Waals surface area (Å²) in [6.45, 7) is 1.12. The monoisotopic (exact) mass is 177 g/mol.